The van der Waals surface area contributed by atoms with Crippen LogP contribution in [0.3, 0.4) is 0 Å². The molecule has 1 unspecified atom stereocenters. The lowest BCUT2D eigenvalue weighted by molar-refractivity contribution is 0.607. The van der Waals surface area contributed by atoms with Crippen molar-refractivity contribution in [3.8, 4) is 0 Å². The van der Waals surface area contributed by atoms with E-state index < -0.39 is 0 Å². The maximum atomic E-state index is 13.7. The van der Waals surface area contributed by atoms with Gasteiger partial charge in [0.2, 0.25) is 0 Å². The quantitative estimate of drug-likeness (QED) is 0.921. The molecule has 106 valence electrons. The Morgan fingerprint density at radius 2 is 1.90 bits per heavy atom. The van der Waals surface area contributed by atoms with Crippen LogP contribution in [-0.4, -0.2) is 13.6 Å². The molecule has 0 spiro atoms. The zero-order chi connectivity index (χ0) is 14.7. The fourth-order valence-electron chi connectivity index (χ4n) is 2.36. The smallest absolute Gasteiger partial charge is 0.126 e. The van der Waals surface area contributed by atoms with E-state index in [0.29, 0.717) is 12.1 Å². The molecule has 0 saturated carbocycles. The first-order valence-electron chi connectivity index (χ1n) is 6.78. The van der Waals surface area contributed by atoms with Crippen LogP contribution in [0.2, 0.25) is 0 Å². The summed E-state index contributed by atoms with van der Waals surface area (Å²) >= 11 is 0. The highest BCUT2D eigenvalue weighted by atomic mass is 19.1. The zero-order valence-electron chi connectivity index (χ0n) is 12.2. The van der Waals surface area contributed by atoms with Gasteiger partial charge in [0.15, 0.2) is 0 Å². The molecule has 0 radical (unpaired) electrons. The van der Waals surface area contributed by atoms with Crippen molar-refractivity contribution in [3.05, 3.63) is 65.0 Å². The van der Waals surface area contributed by atoms with Crippen molar-refractivity contribution in [2.75, 3.05) is 18.5 Å². The van der Waals surface area contributed by atoms with E-state index in [1.807, 2.05) is 25.2 Å². The van der Waals surface area contributed by atoms with Gasteiger partial charge < -0.3 is 10.6 Å². The second-order valence-corrected chi connectivity index (χ2v) is 5.21. The first kappa shape index (κ1) is 14.5. The van der Waals surface area contributed by atoms with Crippen molar-refractivity contribution < 1.29 is 4.39 Å². The highest BCUT2D eigenvalue weighted by Gasteiger charge is 2.17. The lowest BCUT2D eigenvalue weighted by atomic mass is 10.0. The van der Waals surface area contributed by atoms with Gasteiger partial charge in [0.05, 0.1) is 6.04 Å². The number of anilines is 1. The molecule has 0 aliphatic heterocycles. The number of rotatable bonds is 4. The Hall–Kier alpha value is -1.87. The van der Waals surface area contributed by atoms with Crippen LogP contribution in [-0.2, 0) is 0 Å². The third kappa shape index (κ3) is 2.99. The van der Waals surface area contributed by atoms with Gasteiger partial charge in [-0.15, -0.1) is 0 Å². The number of nitrogens with zero attached hydrogens (tertiary/aromatic N) is 1. The minimum Gasteiger partial charge on any atom is -0.366 e. The molecule has 2 N–H and O–H groups in total. The Labute approximate surface area is 120 Å². The van der Waals surface area contributed by atoms with E-state index in [1.165, 1.54) is 5.56 Å². The van der Waals surface area contributed by atoms with Crippen LogP contribution >= 0.6 is 0 Å². The summed E-state index contributed by atoms with van der Waals surface area (Å²) in [6, 6.07) is 13.5. The van der Waals surface area contributed by atoms with Gasteiger partial charge in [-0.05, 0) is 48.7 Å². The monoisotopic (exact) mass is 272 g/mol. The first-order chi connectivity index (χ1) is 9.52. The van der Waals surface area contributed by atoms with Crippen molar-refractivity contribution in [1.29, 1.82) is 0 Å². The SMILES string of the molecule is Cc1cccc(N(C)C(CN)c2ccc(C)c(F)c2)c1. The number of halogens is 1. The molecule has 20 heavy (non-hydrogen) atoms. The van der Waals surface area contributed by atoms with E-state index in [-0.39, 0.29) is 11.9 Å². The molecule has 0 amide bonds. The van der Waals surface area contributed by atoms with Gasteiger partial charge in [0.1, 0.15) is 5.82 Å². The summed E-state index contributed by atoms with van der Waals surface area (Å²) in [6.45, 7) is 4.26. The molecule has 0 saturated heterocycles. The molecule has 3 heteroatoms. The second-order valence-electron chi connectivity index (χ2n) is 5.21. The van der Waals surface area contributed by atoms with Gasteiger partial charge in [-0.25, -0.2) is 4.39 Å². The molecule has 0 heterocycles. The molecule has 2 aromatic rings. The Morgan fingerprint density at radius 3 is 2.50 bits per heavy atom. The maximum absolute atomic E-state index is 13.7. The Balaban J connectivity index is 2.33. The molecule has 0 bridgehead atoms. The zero-order valence-corrected chi connectivity index (χ0v) is 12.2. The average Bonchev–Trinajstić information content (AvgIpc) is 2.43. The lowest BCUT2D eigenvalue weighted by Gasteiger charge is -2.30. The maximum Gasteiger partial charge on any atom is 0.126 e. The third-order valence-corrected chi connectivity index (χ3v) is 3.68. The topological polar surface area (TPSA) is 29.3 Å². The fourth-order valence-corrected chi connectivity index (χ4v) is 2.36. The highest BCUT2D eigenvalue weighted by molar-refractivity contribution is 5.50. The van der Waals surface area contributed by atoms with Crippen LogP contribution in [0.5, 0.6) is 0 Å². The van der Waals surface area contributed by atoms with E-state index in [4.69, 9.17) is 5.73 Å². The fraction of sp³-hybridized carbons (Fsp3) is 0.294. The Morgan fingerprint density at radius 1 is 1.15 bits per heavy atom. The number of aryl methyl sites for hydroxylation is 2. The molecule has 0 aromatic heterocycles. The van der Waals surface area contributed by atoms with Gasteiger partial charge in [-0.2, -0.15) is 0 Å². The van der Waals surface area contributed by atoms with Crippen molar-refractivity contribution in [3.63, 3.8) is 0 Å². The van der Waals surface area contributed by atoms with Crippen molar-refractivity contribution in [1.82, 2.24) is 0 Å². The normalized spacial score (nSPS) is 12.2. The van der Waals surface area contributed by atoms with E-state index >= 15 is 0 Å². The van der Waals surface area contributed by atoms with Crippen LogP contribution in [0.25, 0.3) is 0 Å². The number of hydrogen-bond donors (Lipinski definition) is 1. The van der Waals surface area contributed by atoms with E-state index in [0.717, 1.165) is 11.3 Å². The van der Waals surface area contributed by atoms with E-state index in [1.54, 1.807) is 19.1 Å². The van der Waals surface area contributed by atoms with Crippen LogP contribution in [0, 0.1) is 19.7 Å². The lowest BCUT2D eigenvalue weighted by Crippen LogP contribution is -2.30. The molecule has 2 rings (SSSR count). The predicted molar refractivity (Wildman–Crippen MR) is 82.5 cm³/mol. The molecule has 2 aromatic carbocycles. The number of benzene rings is 2. The number of nitrogens with two attached hydrogens (primary N) is 1. The molecule has 0 aliphatic carbocycles. The summed E-state index contributed by atoms with van der Waals surface area (Å²) in [6.07, 6.45) is 0. The van der Waals surface area contributed by atoms with E-state index in [9.17, 15) is 4.39 Å². The summed E-state index contributed by atoms with van der Waals surface area (Å²) < 4.78 is 13.7. The molecular weight excluding hydrogens is 251 g/mol. The molecule has 0 fully saturated rings. The third-order valence-electron chi connectivity index (χ3n) is 3.68. The summed E-state index contributed by atoms with van der Waals surface area (Å²) in [5, 5.41) is 0. The molecule has 1 atom stereocenters. The average molecular weight is 272 g/mol. The van der Waals surface area contributed by atoms with Gasteiger partial charge in [-0.3, -0.25) is 0 Å². The van der Waals surface area contributed by atoms with Crippen molar-refractivity contribution >= 4 is 5.69 Å². The van der Waals surface area contributed by atoms with Gasteiger partial charge in [0, 0.05) is 19.3 Å². The van der Waals surface area contributed by atoms with Gasteiger partial charge in [0.25, 0.3) is 0 Å². The Kier molecular flexibility index (Phi) is 4.40. The Bertz CT molecular complexity index is 595. The largest absolute Gasteiger partial charge is 0.366 e. The van der Waals surface area contributed by atoms with Gasteiger partial charge >= 0.3 is 0 Å². The summed E-state index contributed by atoms with van der Waals surface area (Å²) in [5.41, 5.74) is 9.74. The molecule has 2 nitrogen and oxygen atoms in total. The molecule has 0 aliphatic rings. The first-order valence-corrected chi connectivity index (χ1v) is 6.78. The van der Waals surface area contributed by atoms with Crippen LogP contribution in [0.4, 0.5) is 10.1 Å². The standard InChI is InChI=1S/C17H21FN2/c1-12-5-4-6-15(9-12)20(3)17(11-19)14-8-7-13(2)16(18)10-14/h4-10,17H,11,19H2,1-3H3. The summed E-state index contributed by atoms with van der Waals surface area (Å²) in [5.74, 6) is -0.182. The van der Waals surface area contributed by atoms with Gasteiger partial charge in [-0.1, -0.05) is 24.3 Å². The minimum atomic E-state index is -0.182. The van der Waals surface area contributed by atoms with Crippen molar-refractivity contribution in [2.45, 2.75) is 19.9 Å². The highest BCUT2D eigenvalue weighted by Crippen LogP contribution is 2.26. The van der Waals surface area contributed by atoms with Crippen molar-refractivity contribution in [2.24, 2.45) is 5.73 Å². The summed E-state index contributed by atoms with van der Waals surface area (Å²) in [4.78, 5) is 2.09. The minimum absolute atomic E-state index is 0.0353. The van der Waals surface area contributed by atoms with Crippen LogP contribution in [0.15, 0.2) is 42.5 Å². The predicted octanol–water partition coefficient (Wildman–Crippen LogP) is 3.58. The second kappa shape index (κ2) is 6.06. The number of likely N-dealkylation sites (N-methyl/N-ethyl adjacent to an activating group) is 1. The molecular formula is C17H21FN2. The van der Waals surface area contributed by atoms with Crippen LogP contribution < -0.4 is 10.6 Å². The number of hydrogen-bond acceptors (Lipinski definition) is 2. The summed E-state index contributed by atoms with van der Waals surface area (Å²) in [7, 11) is 1.99. The van der Waals surface area contributed by atoms with Crippen LogP contribution in [0.1, 0.15) is 22.7 Å². The van der Waals surface area contributed by atoms with E-state index in [2.05, 4.69) is 24.0 Å².